The van der Waals surface area contributed by atoms with E-state index in [2.05, 4.69) is 29.6 Å². The fourth-order valence-electron chi connectivity index (χ4n) is 2.29. The Morgan fingerprint density at radius 1 is 1.67 bits per heavy atom. The molecule has 2 rings (SSSR count). The van der Waals surface area contributed by atoms with Gasteiger partial charge in [-0.15, -0.1) is 0 Å². The van der Waals surface area contributed by atoms with Gasteiger partial charge in [0.05, 0.1) is 5.69 Å². The van der Waals surface area contributed by atoms with Gasteiger partial charge in [0.1, 0.15) is 5.69 Å². The smallest absolute Gasteiger partial charge is 0.269 e. The first-order valence-electron chi connectivity index (χ1n) is 6.60. The number of hydrogen-bond donors (Lipinski definition) is 2. The summed E-state index contributed by atoms with van der Waals surface area (Å²) in [4.78, 5) is 12.1. The van der Waals surface area contributed by atoms with Gasteiger partial charge in [0, 0.05) is 19.6 Å². The largest absolute Gasteiger partial charge is 0.347 e. The van der Waals surface area contributed by atoms with E-state index in [-0.39, 0.29) is 11.9 Å². The molecule has 5 nitrogen and oxygen atoms in total. The molecular weight excluding hydrogens is 228 g/mol. The van der Waals surface area contributed by atoms with Gasteiger partial charge >= 0.3 is 0 Å². The van der Waals surface area contributed by atoms with Gasteiger partial charge in [-0.2, -0.15) is 5.10 Å². The molecule has 0 saturated carbocycles. The summed E-state index contributed by atoms with van der Waals surface area (Å²) in [5, 5.41) is 10.7. The summed E-state index contributed by atoms with van der Waals surface area (Å²) in [5.74, 6) is 0.531. The van der Waals surface area contributed by atoms with Crippen LogP contribution in [-0.2, 0) is 13.5 Å². The Morgan fingerprint density at radius 3 is 3.06 bits per heavy atom. The minimum atomic E-state index is -0.0197. The number of carbonyl (C=O) groups excluding carboxylic acids is 1. The lowest BCUT2D eigenvalue weighted by Gasteiger charge is -2.10. The SMILES string of the molecule is CC(C)Cc1cc(C(=O)N[C@@H]2CCNC2)n(C)n1. The molecule has 0 unspecified atom stereocenters. The van der Waals surface area contributed by atoms with E-state index in [1.165, 1.54) is 0 Å². The van der Waals surface area contributed by atoms with Crippen LogP contribution in [0.3, 0.4) is 0 Å². The van der Waals surface area contributed by atoms with Crippen molar-refractivity contribution in [3.63, 3.8) is 0 Å². The summed E-state index contributed by atoms with van der Waals surface area (Å²) in [6.45, 7) is 6.15. The second kappa shape index (κ2) is 5.52. The average molecular weight is 250 g/mol. The quantitative estimate of drug-likeness (QED) is 0.827. The zero-order valence-corrected chi connectivity index (χ0v) is 11.4. The van der Waals surface area contributed by atoms with Gasteiger partial charge in [-0.3, -0.25) is 9.48 Å². The van der Waals surface area contributed by atoms with E-state index < -0.39 is 0 Å². The van der Waals surface area contributed by atoms with E-state index in [1.54, 1.807) is 4.68 Å². The Morgan fingerprint density at radius 2 is 2.44 bits per heavy atom. The van der Waals surface area contributed by atoms with Crippen LogP contribution in [0.2, 0.25) is 0 Å². The van der Waals surface area contributed by atoms with Crippen LogP contribution in [0, 0.1) is 5.92 Å². The fourth-order valence-corrected chi connectivity index (χ4v) is 2.29. The molecule has 0 bridgehead atoms. The molecular formula is C13H22N4O. The van der Waals surface area contributed by atoms with E-state index >= 15 is 0 Å². The van der Waals surface area contributed by atoms with E-state index in [1.807, 2.05) is 13.1 Å². The third kappa shape index (κ3) is 3.10. The molecule has 1 aliphatic rings. The summed E-state index contributed by atoms with van der Waals surface area (Å²) in [7, 11) is 1.83. The van der Waals surface area contributed by atoms with Gasteiger partial charge in [0.25, 0.3) is 5.91 Å². The third-order valence-corrected chi connectivity index (χ3v) is 3.18. The van der Waals surface area contributed by atoms with Crippen LogP contribution < -0.4 is 10.6 Å². The number of aryl methyl sites for hydroxylation is 1. The van der Waals surface area contributed by atoms with Crippen LogP contribution in [0.5, 0.6) is 0 Å². The molecule has 18 heavy (non-hydrogen) atoms. The highest BCUT2D eigenvalue weighted by Crippen LogP contribution is 2.09. The van der Waals surface area contributed by atoms with Gasteiger partial charge in [0.2, 0.25) is 0 Å². The van der Waals surface area contributed by atoms with Crippen molar-refractivity contribution in [2.45, 2.75) is 32.7 Å². The van der Waals surface area contributed by atoms with Crippen molar-refractivity contribution < 1.29 is 4.79 Å². The first kappa shape index (κ1) is 13.1. The van der Waals surface area contributed by atoms with Crippen LogP contribution in [0.4, 0.5) is 0 Å². The number of carbonyl (C=O) groups is 1. The van der Waals surface area contributed by atoms with Crippen molar-refractivity contribution in [2.75, 3.05) is 13.1 Å². The Kier molecular flexibility index (Phi) is 4.01. The topological polar surface area (TPSA) is 59.0 Å². The maximum atomic E-state index is 12.1. The Balaban J connectivity index is 2.02. The minimum Gasteiger partial charge on any atom is -0.347 e. The Labute approximate surface area is 108 Å². The molecule has 2 N–H and O–H groups in total. The minimum absolute atomic E-state index is 0.0197. The molecule has 1 amide bonds. The lowest BCUT2D eigenvalue weighted by atomic mass is 10.1. The highest BCUT2D eigenvalue weighted by atomic mass is 16.2. The molecule has 0 aromatic carbocycles. The predicted molar refractivity (Wildman–Crippen MR) is 70.5 cm³/mol. The van der Waals surface area contributed by atoms with Gasteiger partial charge in [-0.25, -0.2) is 0 Å². The third-order valence-electron chi connectivity index (χ3n) is 3.18. The molecule has 0 radical (unpaired) electrons. The zero-order valence-electron chi connectivity index (χ0n) is 11.4. The molecule has 0 spiro atoms. The molecule has 1 aromatic rings. The number of nitrogens with zero attached hydrogens (tertiary/aromatic N) is 2. The number of nitrogens with one attached hydrogen (secondary N) is 2. The van der Waals surface area contributed by atoms with E-state index in [0.29, 0.717) is 11.6 Å². The van der Waals surface area contributed by atoms with Crippen LogP contribution in [0.1, 0.15) is 36.5 Å². The lowest BCUT2D eigenvalue weighted by Crippen LogP contribution is -2.37. The molecule has 100 valence electrons. The molecule has 1 saturated heterocycles. The van der Waals surface area contributed by atoms with E-state index in [4.69, 9.17) is 0 Å². The lowest BCUT2D eigenvalue weighted by molar-refractivity contribution is 0.0930. The van der Waals surface area contributed by atoms with Crippen molar-refractivity contribution in [1.82, 2.24) is 20.4 Å². The second-order valence-electron chi connectivity index (χ2n) is 5.41. The summed E-state index contributed by atoms with van der Waals surface area (Å²) in [5.41, 5.74) is 1.64. The molecule has 1 atom stereocenters. The molecule has 2 heterocycles. The molecule has 0 aliphatic carbocycles. The highest BCUT2D eigenvalue weighted by molar-refractivity contribution is 5.92. The molecule has 5 heteroatoms. The molecule has 1 aliphatic heterocycles. The van der Waals surface area contributed by atoms with Crippen LogP contribution >= 0.6 is 0 Å². The van der Waals surface area contributed by atoms with Gasteiger partial charge in [-0.1, -0.05) is 13.8 Å². The van der Waals surface area contributed by atoms with Gasteiger partial charge in [0.15, 0.2) is 0 Å². The summed E-state index contributed by atoms with van der Waals surface area (Å²) in [6, 6.07) is 2.15. The number of hydrogen-bond acceptors (Lipinski definition) is 3. The number of aromatic nitrogens is 2. The normalized spacial score (nSPS) is 19.4. The fraction of sp³-hybridized carbons (Fsp3) is 0.692. The second-order valence-corrected chi connectivity index (χ2v) is 5.41. The molecule has 1 aromatic heterocycles. The van der Waals surface area contributed by atoms with Crippen LogP contribution in [0.25, 0.3) is 0 Å². The Hall–Kier alpha value is -1.36. The summed E-state index contributed by atoms with van der Waals surface area (Å²) >= 11 is 0. The van der Waals surface area contributed by atoms with Crippen LogP contribution in [0.15, 0.2) is 6.07 Å². The van der Waals surface area contributed by atoms with Crippen molar-refractivity contribution in [3.8, 4) is 0 Å². The van der Waals surface area contributed by atoms with Gasteiger partial charge < -0.3 is 10.6 Å². The van der Waals surface area contributed by atoms with Crippen molar-refractivity contribution in [2.24, 2.45) is 13.0 Å². The average Bonchev–Trinajstić information content (AvgIpc) is 2.87. The monoisotopic (exact) mass is 250 g/mol. The summed E-state index contributed by atoms with van der Waals surface area (Å²) < 4.78 is 1.68. The van der Waals surface area contributed by atoms with Crippen LogP contribution in [-0.4, -0.2) is 34.8 Å². The first-order chi connectivity index (χ1) is 8.56. The number of rotatable bonds is 4. The van der Waals surface area contributed by atoms with Crippen molar-refractivity contribution in [1.29, 1.82) is 0 Å². The van der Waals surface area contributed by atoms with Crippen molar-refractivity contribution in [3.05, 3.63) is 17.5 Å². The number of amides is 1. The Bertz CT molecular complexity index is 419. The predicted octanol–water partition coefficient (Wildman–Crippen LogP) is 0.710. The molecule has 1 fully saturated rings. The van der Waals surface area contributed by atoms with Crippen molar-refractivity contribution >= 4 is 5.91 Å². The first-order valence-corrected chi connectivity index (χ1v) is 6.60. The maximum absolute atomic E-state index is 12.1. The standard InChI is InChI=1S/C13H22N4O/c1-9(2)6-11-7-12(17(3)16-11)13(18)15-10-4-5-14-8-10/h7,9-10,14H,4-6,8H2,1-3H3,(H,15,18)/t10-/m1/s1. The van der Waals surface area contributed by atoms with E-state index in [0.717, 1.165) is 31.6 Å². The van der Waals surface area contributed by atoms with E-state index in [9.17, 15) is 4.79 Å². The van der Waals surface area contributed by atoms with Gasteiger partial charge in [-0.05, 0) is 31.4 Å². The zero-order chi connectivity index (χ0) is 13.1. The summed E-state index contributed by atoms with van der Waals surface area (Å²) in [6.07, 6.45) is 1.91. The highest BCUT2D eigenvalue weighted by Gasteiger charge is 2.20. The maximum Gasteiger partial charge on any atom is 0.269 e.